The van der Waals surface area contributed by atoms with Crippen LogP contribution in [0.1, 0.15) is 29.8 Å². The maximum absolute atomic E-state index is 12.6. The molecule has 0 fully saturated rings. The van der Waals surface area contributed by atoms with Crippen LogP contribution in [0.5, 0.6) is 11.5 Å². The minimum atomic E-state index is -0.107. The molecule has 0 bridgehead atoms. The highest BCUT2D eigenvalue weighted by Crippen LogP contribution is 2.33. The van der Waals surface area contributed by atoms with Gasteiger partial charge in [0.15, 0.2) is 11.5 Å². The van der Waals surface area contributed by atoms with E-state index in [1.165, 1.54) is 0 Å². The SMILES string of the molecule is CCN(CC)C(=O)c1cc(OCc2ccccc2)c(OC)cc1N. The maximum Gasteiger partial charge on any atom is 0.256 e. The highest BCUT2D eigenvalue weighted by Gasteiger charge is 2.19. The van der Waals surface area contributed by atoms with Crippen molar-refractivity contribution in [3.05, 3.63) is 53.6 Å². The van der Waals surface area contributed by atoms with Crippen LogP contribution in [-0.2, 0) is 6.61 Å². The second-order valence-corrected chi connectivity index (χ2v) is 5.34. The molecule has 0 aliphatic heterocycles. The van der Waals surface area contributed by atoms with Crippen LogP contribution in [0.2, 0.25) is 0 Å². The van der Waals surface area contributed by atoms with Crippen molar-refractivity contribution in [2.75, 3.05) is 25.9 Å². The predicted molar refractivity (Wildman–Crippen MR) is 95.4 cm³/mol. The Bertz CT molecular complexity index is 683. The zero-order chi connectivity index (χ0) is 17.5. The number of hydrogen-bond donors (Lipinski definition) is 1. The first-order valence-corrected chi connectivity index (χ1v) is 8.04. The van der Waals surface area contributed by atoms with Gasteiger partial charge >= 0.3 is 0 Å². The molecule has 0 saturated carbocycles. The molecule has 2 aromatic carbocycles. The number of anilines is 1. The Morgan fingerprint density at radius 1 is 1.08 bits per heavy atom. The predicted octanol–water partition coefficient (Wildman–Crippen LogP) is 3.34. The number of benzene rings is 2. The molecule has 0 atom stereocenters. The first kappa shape index (κ1) is 17.7. The Morgan fingerprint density at radius 2 is 1.75 bits per heavy atom. The van der Waals surface area contributed by atoms with Crippen molar-refractivity contribution >= 4 is 11.6 Å². The fourth-order valence-corrected chi connectivity index (χ4v) is 2.45. The van der Waals surface area contributed by atoms with Gasteiger partial charge < -0.3 is 20.1 Å². The molecule has 2 N–H and O–H groups in total. The average Bonchev–Trinajstić information content (AvgIpc) is 2.62. The van der Waals surface area contributed by atoms with E-state index in [0.29, 0.717) is 42.4 Å². The number of carbonyl (C=O) groups excluding carboxylic acids is 1. The molecule has 128 valence electrons. The Hall–Kier alpha value is -2.69. The summed E-state index contributed by atoms with van der Waals surface area (Å²) in [4.78, 5) is 14.3. The van der Waals surface area contributed by atoms with Crippen LogP contribution in [0, 0.1) is 0 Å². The normalized spacial score (nSPS) is 10.3. The van der Waals surface area contributed by atoms with Crippen LogP contribution in [-0.4, -0.2) is 31.0 Å². The van der Waals surface area contributed by atoms with Gasteiger partial charge in [0.1, 0.15) is 6.61 Å². The summed E-state index contributed by atoms with van der Waals surface area (Å²) in [5.41, 5.74) is 7.89. The van der Waals surface area contributed by atoms with Gasteiger partial charge in [0, 0.05) is 24.8 Å². The zero-order valence-corrected chi connectivity index (χ0v) is 14.4. The molecule has 0 radical (unpaired) electrons. The number of methoxy groups -OCH3 is 1. The molecule has 0 spiro atoms. The average molecular weight is 328 g/mol. The van der Waals surface area contributed by atoms with Gasteiger partial charge in [-0.15, -0.1) is 0 Å². The molecule has 2 rings (SSSR count). The van der Waals surface area contributed by atoms with Gasteiger partial charge in [-0.05, 0) is 25.5 Å². The van der Waals surface area contributed by atoms with E-state index in [2.05, 4.69) is 0 Å². The summed E-state index contributed by atoms with van der Waals surface area (Å²) < 4.78 is 11.2. The van der Waals surface area contributed by atoms with E-state index in [1.54, 1.807) is 24.1 Å². The monoisotopic (exact) mass is 328 g/mol. The van der Waals surface area contributed by atoms with Gasteiger partial charge in [0.25, 0.3) is 5.91 Å². The fourth-order valence-electron chi connectivity index (χ4n) is 2.45. The maximum atomic E-state index is 12.6. The van der Waals surface area contributed by atoms with Crippen LogP contribution >= 0.6 is 0 Å². The van der Waals surface area contributed by atoms with E-state index < -0.39 is 0 Å². The molecule has 2 aromatic rings. The number of nitrogens with zero attached hydrogens (tertiary/aromatic N) is 1. The minimum Gasteiger partial charge on any atom is -0.493 e. The first-order chi connectivity index (χ1) is 11.6. The highest BCUT2D eigenvalue weighted by atomic mass is 16.5. The standard InChI is InChI=1S/C19H24N2O3/c1-4-21(5-2)19(22)15-11-18(17(23-3)12-16(15)20)24-13-14-9-7-6-8-10-14/h6-12H,4-5,13,20H2,1-3H3. The van der Waals surface area contributed by atoms with Gasteiger partial charge in [-0.25, -0.2) is 0 Å². The van der Waals surface area contributed by atoms with Crippen molar-refractivity contribution in [1.82, 2.24) is 4.90 Å². The molecule has 5 nitrogen and oxygen atoms in total. The quantitative estimate of drug-likeness (QED) is 0.792. The molecule has 0 saturated heterocycles. The van der Waals surface area contributed by atoms with Crippen molar-refractivity contribution in [1.29, 1.82) is 0 Å². The van der Waals surface area contributed by atoms with Gasteiger partial charge in [-0.1, -0.05) is 30.3 Å². The summed E-state index contributed by atoms with van der Waals surface area (Å²) in [6.07, 6.45) is 0. The lowest BCUT2D eigenvalue weighted by Gasteiger charge is -2.21. The van der Waals surface area contributed by atoms with Gasteiger partial charge in [0.05, 0.1) is 12.7 Å². The molecule has 0 unspecified atom stereocenters. The molecule has 5 heteroatoms. The van der Waals surface area contributed by atoms with E-state index in [1.807, 2.05) is 44.2 Å². The molecule has 0 aliphatic rings. The van der Waals surface area contributed by atoms with Crippen molar-refractivity contribution in [3.63, 3.8) is 0 Å². The van der Waals surface area contributed by atoms with Crippen LogP contribution in [0.3, 0.4) is 0 Å². The molecule has 1 amide bonds. The summed E-state index contributed by atoms with van der Waals surface area (Å²) in [7, 11) is 1.55. The minimum absolute atomic E-state index is 0.107. The van der Waals surface area contributed by atoms with E-state index in [4.69, 9.17) is 15.2 Å². The van der Waals surface area contributed by atoms with Gasteiger partial charge in [-0.3, -0.25) is 4.79 Å². The fraction of sp³-hybridized carbons (Fsp3) is 0.316. The molecule has 0 aromatic heterocycles. The number of hydrogen-bond acceptors (Lipinski definition) is 4. The summed E-state index contributed by atoms with van der Waals surface area (Å²) in [5.74, 6) is 0.912. The number of nitrogens with two attached hydrogens (primary N) is 1. The number of nitrogen functional groups attached to an aromatic ring is 1. The van der Waals surface area contributed by atoms with E-state index in [0.717, 1.165) is 5.56 Å². The third-order valence-corrected chi connectivity index (χ3v) is 3.85. The largest absolute Gasteiger partial charge is 0.493 e. The topological polar surface area (TPSA) is 64.8 Å². The van der Waals surface area contributed by atoms with Crippen molar-refractivity contribution in [2.45, 2.75) is 20.5 Å². The summed E-state index contributed by atoms with van der Waals surface area (Å²) in [6, 6.07) is 13.1. The Morgan fingerprint density at radius 3 is 2.33 bits per heavy atom. The smallest absolute Gasteiger partial charge is 0.256 e. The lowest BCUT2D eigenvalue weighted by Crippen LogP contribution is -2.31. The third-order valence-electron chi connectivity index (χ3n) is 3.85. The summed E-state index contributed by atoms with van der Waals surface area (Å²) >= 11 is 0. The number of ether oxygens (including phenoxy) is 2. The Labute approximate surface area is 143 Å². The number of rotatable bonds is 7. The zero-order valence-electron chi connectivity index (χ0n) is 14.4. The van der Waals surface area contributed by atoms with Crippen molar-refractivity contribution in [3.8, 4) is 11.5 Å². The lowest BCUT2D eigenvalue weighted by molar-refractivity contribution is 0.0773. The second kappa shape index (κ2) is 8.24. The Kier molecular flexibility index (Phi) is 6.07. The van der Waals surface area contributed by atoms with Crippen molar-refractivity contribution in [2.24, 2.45) is 0 Å². The van der Waals surface area contributed by atoms with Crippen molar-refractivity contribution < 1.29 is 14.3 Å². The van der Waals surface area contributed by atoms with Gasteiger partial charge in [0.2, 0.25) is 0 Å². The van der Waals surface area contributed by atoms with E-state index in [-0.39, 0.29) is 5.91 Å². The Balaban J connectivity index is 2.29. The van der Waals surface area contributed by atoms with E-state index >= 15 is 0 Å². The first-order valence-electron chi connectivity index (χ1n) is 8.04. The third kappa shape index (κ3) is 3.98. The van der Waals surface area contributed by atoms with Gasteiger partial charge in [-0.2, -0.15) is 0 Å². The second-order valence-electron chi connectivity index (χ2n) is 5.34. The molecular weight excluding hydrogens is 304 g/mol. The molecule has 24 heavy (non-hydrogen) atoms. The van der Waals surface area contributed by atoms with Crippen LogP contribution in [0.25, 0.3) is 0 Å². The van der Waals surface area contributed by atoms with Crippen LogP contribution in [0.15, 0.2) is 42.5 Å². The molecule has 0 aliphatic carbocycles. The highest BCUT2D eigenvalue weighted by molar-refractivity contribution is 6.00. The van der Waals surface area contributed by atoms with Crippen LogP contribution < -0.4 is 15.2 Å². The number of carbonyl (C=O) groups is 1. The lowest BCUT2D eigenvalue weighted by atomic mass is 10.1. The van der Waals surface area contributed by atoms with Crippen LogP contribution in [0.4, 0.5) is 5.69 Å². The summed E-state index contributed by atoms with van der Waals surface area (Å²) in [5, 5.41) is 0. The number of amides is 1. The molecular formula is C19H24N2O3. The summed E-state index contributed by atoms with van der Waals surface area (Å²) in [6.45, 7) is 5.52. The molecule has 0 heterocycles. The van der Waals surface area contributed by atoms with E-state index in [9.17, 15) is 4.79 Å².